The van der Waals surface area contributed by atoms with Crippen LogP contribution >= 0.6 is 22.7 Å². The molecular formula is C24H25NO3S2. The molecule has 1 aromatic carbocycles. The van der Waals surface area contributed by atoms with Crippen molar-refractivity contribution >= 4 is 39.6 Å². The van der Waals surface area contributed by atoms with Gasteiger partial charge in [-0.1, -0.05) is 43.7 Å². The maximum Gasteiger partial charge on any atom is 0.341 e. The van der Waals surface area contributed by atoms with Crippen molar-refractivity contribution in [1.82, 2.24) is 0 Å². The van der Waals surface area contributed by atoms with Gasteiger partial charge in [0.1, 0.15) is 10.6 Å². The number of benzene rings is 1. The van der Waals surface area contributed by atoms with E-state index < -0.39 is 5.97 Å². The Labute approximate surface area is 184 Å². The number of ether oxygens (including phenoxy) is 1. The summed E-state index contributed by atoms with van der Waals surface area (Å²) < 4.78 is 5.29. The summed E-state index contributed by atoms with van der Waals surface area (Å²) in [6, 6.07) is 9.71. The highest BCUT2D eigenvalue weighted by molar-refractivity contribution is 7.15. The maximum atomic E-state index is 13.1. The Hall–Kier alpha value is -2.44. The highest BCUT2D eigenvalue weighted by Gasteiger charge is 2.27. The maximum absolute atomic E-state index is 13.1. The molecule has 156 valence electrons. The Morgan fingerprint density at radius 3 is 2.67 bits per heavy atom. The number of rotatable bonds is 6. The molecule has 1 N–H and O–H groups in total. The molecule has 0 fully saturated rings. The summed E-state index contributed by atoms with van der Waals surface area (Å²) in [7, 11) is 0. The second-order valence-corrected chi connectivity index (χ2v) is 9.31. The first-order valence-corrected chi connectivity index (χ1v) is 12.1. The van der Waals surface area contributed by atoms with E-state index in [0.29, 0.717) is 16.5 Å². The highest BCUT2D eigenvalue weighted by atomic mass is 32.1. The molecular weight excluding hydrogens is 414 g/mol. The normalized spacial score (nSPS) is 15.5. The molecule has 1 aliphatic rings. The standard InChI is InChI=1S/C24H25NO3S2/c1-3-15-10-11-17-19(14-29-20(17)12-15)22(26)25-23-21(24(27)28-4-2)18(13-30-23)16-8-6-5-7-9-16/h5-9,13-15H,3-4,10-12H2,1-2H3,(H,25,26). The van der Waals surface area contributed by atoms with Crippen molar-refractivity contribution in [2.24, 2.45) is 5.92 Å². The largest absolute Gasteiger partial charge is 0.462 e. The van der Waals surface area contributed by atoms with Crippen LogP contribution in [0.5, 0.6) is 0 Å². The van der Waals surface area contributed by atoms with Gasteiger partial charge in [0, 0.05) is 21.2 Å². The zero-order valence-electron chi connectivity index (χ0n) is 17.2. The SMILES string of the molecule is CCOC(=O)c1c(-c2ccccc2)csc1NC(=O)c1csc2c1CCC(CC)C2. The van der Waals surface area contributed by atoms with E-state index >= 15 is 0 Å². The highest BCUT2D eigenvalue weighted by Crippen LogP contribution is 2.38. The minimum Gasteiger partial charge on any atom is -0.462 e. The van der Waals surface area contributed by atoms with Crippen LogP contribution in [-0.2, 0) is 17.6 Å². The lowest BCUT2D eigenvalue weighted by Crippen LogP contribution is -2.18. The second-order valence-electron chi connectivity index (χ2n) is 7.46. The van der Waals surface area contributed by atoms with Crippen LogP contribution < -0.4 is 5.32 Å². The molecule has 30 heavy (non-hydrogen) atoms. The molecule has 0 aliphatic heterocycles. The fourth-order valence-electron chi connectivity index (χ4n) is 3.98. The number of carbonyl (C=O) groups is 2. The Morgan fingerprint density at radius 1 is 1.13 bits per heavy atom. The van der Waals surface area contributed by atoms with Gasteiger partial charge in [-0.3, -0.25) is 4.79 Å². The molecule has 3 aromatic rings. The second kappa shape index (κ2) is 9.14. The molecule has 1 unspecified atom stereocenters. The van der Waals surface area contributed by atoms with Crippen LogP contribution in [0.25, 0.3) is 11.1 Å². The van der Waals surface area contributed by atoms with Gasteiger partial charge in [-0.2, -0.15) is 0 Å². The van der Waals surface area contributed by atoms with E-state index in [1.165, 1.54) is 28.2 Å². The molecule has 1 amide bonds. The first-order valence-electron chi connectivity index (χ1n) is 10.4. The summed E-state index contributed by atoms with van der Waals surface area (Å²) in [5, 5.41) is 7.42. The van der Waals surface area contributed by atoms with E-state index in [1.807, 2.05) is 41.1 Å². The Morgan fingerprint density at radius 2 is 1.93 bits per heavy atom. The van der Waals surface area contributed by atoms with Gasteiger partial charge in [0.05, 0.1) is 12.2 Å². The number of hydrogen-bond acceptors (Lipinski definition) is 5. The Balaban J connectivity index is 1.64. The lowest BCUT2D eigenvalue weighted by atomic mass is 9.86. The quantitative estimate of drug-likeness (QED) is 0.451. The summed E-state index contributed by atoms with van der Waals surface area (Å²) >= 11 is 3.04. The molecule has 0 radical (unpaired) electrons. The van der Waals surface area contributed by atoms with E-state index in [1.54, 1.807) is 18.3 Å². The van der Waals surface area contributed by atoms with Crippen molar-refractivity contribution in [3.05, 3.63) is 62.7 Å². The molecule has 6 heteroatoms. The fourth-order valence-corrected chi connectivity index (χ4v) is 6.12. The average molecular weight is 440 g/mol. The predicted octanol–water partition coefficient (Wildman–Crippen LogP) is 6.42. The van der Waals surface area contributed by atoms with Crippen molar-refractivity contribution in [3.8, 4) is 11.1 Å². The third-order valence-electron chi connectivity index (χ3n) is 5.66. The molecule has 2 heterocycles. The van der Waals surface area contributed by atoms with Crippen molar-refractivity contribution in [2.45, 2.75) is 39.5 Å². The number of thiophene rings is 2. The Bertz CT molecular complexity index is 1050. The van der Waals surface area contributed by atoms with Crippen LogP contribution in [0.4, 0.5) is 5.00 Å². The zero-order valence-corrected chi connectivity index (χ0v) is 18.8. The molecule has 4 nitrogen and oxygen atoms in total. The fraction of sp³-hybridized carbons (Fsp3) is 0.333. The van der Waals surface area contributed by atoms with Crippen molar-refractivity contribution in [1.29, 1.82) is 0 Å². The smallest absolute Gasteiger partial charge is 0.341 e. The van der Waals surface area contributed by atoms with Gasteiger partial charge in [0.25, 0.3) is 5.91 Å². The lowest BCUT2D eigenvalue weighted by molar-refractivity contribution is 0.0529. The molecule has 1 atom stereocenters. The summed E-state index contributed by atoms with van der Waals surface area (Å²) in [5.74, 6) is 0.161. The van der Waals surface area contributed by atoms with Crippen molar-refractivity contribution in [3.63, 3.8) is 0 Å². The first-order chi connectivity index (χ1) is 14.6. The van der Waals surface area contributed by atoms with E-state index in [0.717, 1.165) is 36.0 Å². The van der Waals surface area contributed by atoms with Gasteiger partial charge in [0.2, 0.25) is 0 Å². The minimum atomic E-state index is -0.411. The molecule has 0 bridgehead atoms. The van der Waals surface area contributed by atoms with Crippen LogP contribution in [0, 0.1) is 5.92 Å². The number of nitrogens with one attached hydrogen (secondary N) is 1. The summed E-state index contributed by atoms with van der Waals surface area (Å²) in [4.78, 5) is 27.2. The van der Waals surface area contributed by atoms with Gasteiger partial charge >= 0.3 is 5.97 Å². The minimum absolute atomic E-state index is 0.144. The van der Waals surface area contributed by atoms with E-state index in [9.17, 15) is 9.59 Å². The molecule has 1 aliphatic carbocycles. The monoisotopic (exact) mass is 439 g/mol. The van der Waals surface area contributed by atoms with Crippen molar-refractivity contribution in [2.75, 3.05) is 11.9 Å². The molecule has 0 saturated heterocycles. The number of hydrogen-bond donors (Lipinski definition) is 1. The van der Waals surface area contributed by atoms with Gasteiger partial charge < -0.3 is 10.1 Å². The third kappa shape index (κ3) is 4.07. The van der Waals surface area contributed by atoms with Crippen LogP contribution in [0.1, 0.15) is 57.8 Å². The van der Waals surface area contributed by atoms with Crippen LogP contribution in [-0.4, -0.2) is 18.5 Å². The first kappa shape index (κ1) is 20.8. The lowest BCUT2D eigenvalue weighted by Gasteiger charge is -2.21. The van der Waals surface area contributed by atoms with E-state index in [-0.39, 0.29) is 12.5 Å². The van der Waals surface area contributed by atoms with Crippen LogP contribution in [0.2, 0.25) is 0 Å². The summed E-state index contributed by atoms with van der Waals surface area (Å²) in [6.07, 6.45) is 4.32. The summed E-state index contributed by atoms with van der Waals surface area (Å²) in [6.45, 7) is 4.30. The molecule has 0 saturated carbocycles. The Kier molecular flexibility index (Phi) is 6.35. The van der Waals surface area contributed by atoms with E-state index in [4.69, 9.17) is 4.74 Å². The number of anilines is 1. The van der Waals surface area contributed by atoms with Gasteiger partial charge in [-0.05, 0) is 43.2 Å². The van der Waals surface area contributed by atoms with Gasteiger partial charge in [0.15, 0.2) is 0 Å². The van der Waals surface area contributed by atoms with E-state index in [2.05, 4.69) is 12.2 Å². The van der Waals surface area contributed by atoms with Gasteiger partial charge in [-0.15, -0.1) is 22.7 Å². The molecule has 4 rings (SSSR count). The topological polar surface area (TPSA) is 55.4 Å². The number of esters is 1. The van der Waals surface area contributed by atoms with Gasteiger partial charge in [-0.25, -0.2) is 4.79 Å². The molecule has 2 aromatic heterocycles. The summed E-state index contributed by atoms with van der Waals surface area (Å²) in [5.41, 5.74) is 4.06. The third-order valence-corrected chi connectivity index (χ3v) is 7.61. The number of amides is 1. The average Bonchev–Trinajstić information content (AvgIpc) is 3.38. The zero-order chi connectivity index (χ0) is 21.1. The molecule has 0 spiro atoms. The van der Waals surface area contributed by atoms with Crippen molar-refractivity contribution < 1.29 is 14.3 Å². The number of fused-ring (bicyclic) bond motifs is 1. The van der Waals surface area contributed by atoms with Crippen LogP contribution in [0.15, 0.2) is 41.1 Å². The number of carbonyl (C=O) groups excluding carboxylic acids is 2. The predicted molar refractivity (Wildman–Crippen MR) is 124 cm³/mol. The van der Waals surface area contributed by atoms with Crippen LogP contribution in [0.3, 0.4) is 0 Å².